The average Bonchev–Trinajstić information content (AvgIpc) is 2.78. The predicted molar refractivity (Wildman–Crippen MR) is 128 cm³/mol. The zero-order valence-electron chi connectivity index (χ0n) is 17.9. The number of allylic oxidation sites excluding steroid dienone is 1. The molecule has 3 aromatic rings. The van der Waals surface area contributed by atoms with Crippen molar-refractivity contribution in [3.8, 4) is 28.0 Å². The summed E-state index contributed by atoms with van der Waals surface area (Å²) in [6.07, 6.45) is 7.98. The van der Waals surface area contributed by atoms with Gasteiger partial charge in [0.1, 0.15) is 18.2 Å². The minimum Gasteiger partial charge on any atom is -0.490 e. The maximum absolute atomic E-state index is 14.7. The molecule has 3 rings (SSSR count). The largest absolute Gasteiger partial charge is 0.490 e. The van der Waals surface area contributed by atoms with Gasteiger partial charge in [0.15, 0.2) is 0 Å². The second-order valence-corrected chi connectivity index (χ2v) is 7.62. The summed E-state index contributed by atoms with van der Waals surface area (Å²) < 4.78 is 20.2. The van der Waals surface area contributed by atoms with E-state index < -0.39 is 0 Å². The van der Waals surface area contributed by atoms with Gasteiger partial charge in [0.2, 0.25) is 0 Å². The van der Waals surface area contributed by atoms with Crippen LogP contribution in [-0.4, -0.2) is 17.8 Å². The highest BCUT2D eigenvalue weighted by atomic mass is 19.1. The number of hydrogen-bond acceptors (Lipinski definition) is 2. The fraction of sp³-hybridized carbons (Fsp3) is 0.214. The molecule has 3 aromatic carbocycles. The Morgan fingerprint density at radius 3 is 2.23 bits per heavy atom. The molecular formula is C28H29FO2. The van der Waals surface area contributed by atoms with Crippen LogP contribution in [0.2, 0.25) is 0 Å². The Morgan fingerprint density at radius 1 is 0.968 bits per heavy atom. The van der Waals surface area contributed by atoms with Crippen molar-refractivity contribution in [1.82, 2.24) is 0 Å². The van der Waals surface area contributed by atoms with E-state index in [-0.39, 0.29) is 11.9 Å². The molecule has 0 radical (unpaired) electrons. The van der Waals surface area contributed by atoms with Crippen LogP contribution in [0.4, 0.5) is 4.39 Å². The lowest BCUT2D eigenvalue weighted by atomic mass is 9.99. The van der Waals surface area contributed by atoms with Gasteiger partial charge in [-0.15, -0.1) is 0 Å². The first-order valence-electron chi connectivity index (χ1n) is 10.7. The molecule has 0 aliphatic carbocycles. The lowest BCUT2D eigenvalue weighted by Gasteiger charge is -2.08. The Kier molecular flexibility index (Phi) is 8.19. The van der Waals surface area contributed by atoms with Crippen LogP contribution >= 0.6 is 0 Å². The summed E-state index contributed by atoms with van der Waals surface area (Å²) in [5.41, 5.74) is 4.42. The molecular weight excluding hydrogens is 387 g/mol. The Balaban J connectivity index is 1.66. The maximum atomic E-state index is 14.7. The molecule has 160 valence electrons. The van der Waals surface area contributed by atoms with Gasteiger partial charge in [-0.1, -0.05) is 73.3 Å². The summed E-state index contributed by atoms with van der Waals surface area (Å²) in [5.74, 6) is 0.571. The number of halogens is 1. The normalized spacial score (nSPS) is 12.1. The summed E-state index contributed by atoms with van der Waals surface area (Å²) in [7, 11) is 0. The zero-order valence-corrected chi connectivity index (χ0v) is 17.9. The van der Waals surface area contributed by atoms with E-state index >= 15 is 0 Å². The van der Waals surface area contributed by atoms with Gasteiger partial charge in [0.25, 0.3) is 0 Å². The van der Waals surface area contributed by atoms with Gasteiger partial charge >= 0.3 is 0 Å². The highest BCUT2D eigenvalue weighted by Gasteiger charge is 2.07. The fourth-order valence-electron chi connectivity index (χ4n) is 3.36. The maximum Gasteiger partial charge on any atom is 0.131 e. The van der Waals surface area contributed by atoms with Gasteiger partial charge in [0, 0.05) is 5.56 Å². The van der Waals surface area contributed by atoms with Gasteiger partial charge in [-0.3, -0.25) is 0 Å². The minimum atomic E-state index is -0.271. The van der Waals surface area contributed by atoms with Crippen molar-refractivity contribution >= 4 is 6.08 Å². The smallest absolute Gasteiger partial charge is 0.131 e. The highest BCUT2D eigenvalue weighted by Crippen LogP contribution is 2.28. The first kappa shape index (κ1) is 22.5. The lowest BCUT2D eigenvalue weighted by molar-refractivity contribution is 0.182. The van der Waals surface area contributed by atoms with Crippen molar-refractivity contribution in [2.45, 2.75) is 32.3 Å². The molecule has 31 heavy (non-hydrogen) atoms. The van der Waals surface area contributed by atoms with Crippen LogP contribution in [0.25, 0.3) is 28.3 Å². The van der Waals surface area contributed by atoms with Gasteiger partial charge in [0.05, 0.1) is 6.10 Å². The van der Waals surface area contributed by atoms with Crippen molar-refractivity contribution < 1.29 is 14.2 Å². The second kappa shape index (κ2) is 11.3. The van der Waals surface area contributed by atoms with Crippen LogP contribution in [0.15, 0.2) is 85.5 Å². The van der Waals surface area contributed by atoms with Crippen molar-refractivity contribution in [3.05, 3.63) is 96.8 Å². The van der Waals surface area contributed by atoms with Crippen LogP contribution in [-0.2, 0) is 0 Å². The predicted octanol–water partition coefficient (Wildman–Crippen LogP) is 7.29. The molecule has 0 fully saturated rings. The summed E-state index contributed by atoms with van der Waals surface area (Å²) in [6, 6.07) is 21.1. The third kappa shape index (κ3) is 6.66. The van der Waals surface area contributed by atoms with Gasteiger partial charge < -0.3 is 9.84 Å². The summed E-state index contributed by atoms with van der Waals surface area (Å²) in [5, 5.41) is 9.28. The number of aliphatic hydroxyl groups is 1. The molecule has 1 N–H and O–H groups in total. The Hall–Kier alpha value is -3.17. The van der Waals surface area contributed by atoms with Crippen molar-refractivity contribution in [2.24, 2.45) is 0 Å². The van der Waals surface area contributed by atoms with Crippen LogP contribution in [0.1, 0.15) is 31.7 Å². The van der Waals surface area contributed by atoms with Crippen LogP contribution in [0.5, 0.6) is 5.75 Å². The summed E-state index contributed by atoms with van der Waals surface area (Å²) in [4.78, 5) is 0. The molecule has 0 aliphatic rings. The first-order chi connectivity index (χ1) is 15.1. The molecule has 0 aliphatic heterocycles. The minimum absolute atomic E-state index is 0.234. The van der Waals surface area contributed by atoms with E-state index in [1.54, 1.807) is 19.1 Å². The van der Waals surface area contributed by atoms with Crippen molar-refractivity contribution in [2.75, 3.05) is 6.61 Å². The SMILES string of the molecule is C=CCOc1ccc(-c2ccc(-c3ccc(/C=C/CCCC(C)O)cc3F)cc2)cc1. The molecule has 0 bridgehead atoms. The zero-order chi connectivity index (χ0) is 22.1. The molecule has 1 atom stereocenters. The monoisotopic (exact) mass is 416 g/mol. The lowest BCUT2D eigenvalue weighted by Crippen LogP contribution is -1.97. The fourth-order valence-corrected chi connectivity index (χ4v) is 3.36. The van der Waals surface area contributed by atoms with Crippen LogP contribution < -0.4 is 4.74 Å². The standard InChI is InChI=1S/C28H29FO2/c1-3-19-31-26-16-14-24(15-17-26)23-10-12-25(13-11-23)27-18-9-22(20-28(27)29)8-6-4-5-7-21(2)30/h3,6,8-18,20-21,30H,1,4-5,7,19H2,2H3/b8-6+. The number of ether oxygens (including phenoxy) is 1. The molecule has 0 saturated carbocycles. The van der Waals surface area contributed by atoms with E-state index in [2.05, 4.69) is 6.58 Å². The molecule has 0 amide bonds. The van der Waals surface area contributed by atoms with Crippen LogP contribution in [0, 0.1) is 5.82 Å². The van der Waals surface area contributed by atoms with E-state index in [1.165, 1.54) is 0 Å². The van der Waals surface area contributed by atoms with Gasteiger partial charge in [-0.2, -0.15) is 0 Å². The van der Waals surface area contributed by atoms with E-state index in [4.69, 9.17) is 4.74 Å². The molecule has 0 aromatic heterocycles. The Bertz CT molecular complexity index is 1000. The molecule has 2 nitrogen and oxygen atoms in total. The first-order valence-corrected chi connectivity index (χ1v) is 10.7. The van der Waals surface area contributed by atoms with E-state index in [1.807, 2.05) is 72.8 Å². The highest BCUT2D eigenvalue weighted by molar-refractivity contribution is 5.72. The third-order valence-corrected chi connectivity index (χ3v) is 5.05. The second-order valence-electron chi connectivity index (χ2n) is 7.62. The van der Waals surface area contributed by atoms with Crippen molar-refractivity contribution in [3.63, 3.8) is 0 Å². The van der Waals surface area contributed by atoms with E-state index in [0.717, 1.165) is 47.3 Å². The summed E-state index contributed by atoms with van der Waals surface area (Å²) in [6.45, 7) is 5.92. The van der Waals surface area contributed by atoms with Crippen molar-refractivity contribution in [1.29, 1.82) is 0 Å². The number of hydrogen-bond donors (Lipinski definition) is 1. The molecule has 0 saturated heterocycles. The molecule has 1 unspecified atom stereocenters. The van der Waals surface area contributed by atoms with Crippen LogP contribution in [0.3, 0.4) is 0 Å². The quantitative estimate of drug-likeness (QED) is 0.278. The van der Waals surface area contributed by atoms with Gasteiger partial charge in [-0.05, 0) is 66.6 Å². The van der Waals surface area contributed by atoms with E-state index in [9.17, 15) is 9.50 Å². The number of benzene rings is 3. The summed E-state index contributed by atoms with van der Waals surface area (Å²) >= 11 is 0. The Morgan fingerprint density at radius 2 is 1.61 bits per heavy atom. The van der Waals surface area contributed by atoms with E-state index in [0.29, 0.717) is 12.2 Å². The Labute approximate surface area is 184 Å². The number of rotatable bonds is 10. The topological polar surface area (TPSA) is 29.5 Å². The molecule has 0 spiro atoms. The number of aliphatic hydroxyl groups excluding tert-OH is 1. The third-order valence-electron chi connectivity index (χ3n) is 5.05. The van der Waals surface area contributed by atoms with Gasteiger partial charge in [-0.25, -0.2) is 4.39 Å². The molecule has 3 heteroatoms. The number of unbranched alkanes of at least 4 members (excludes halogenated alkanes) is 1. The molecule has 0 heterocycles. The average molecular weight is 417 g/mol.